The fourth-order valence-electron chi connectivity index (χ4n) is 2.94. The van der Waals surface area contributed by atoms with Gasteiger partial charge in [-0.25, -0.2) is 0 Å². The summed E-state index contributed by atoms with van der Waals surface area (Å²) < 4.78 is 0. The molecule has 2 aliphatic rings. The summed E-state index contributed by atoms with van der Waals surface area (Å²) in [7, 11) is 0. The lowest BCUT2D eigenvalue weighted by atomic mass is 10.1. The molecule has 74 valence electrons. The molecule has 1 heterocycles. The van der Waals surface area contributed by atoms with Crippen LogP contribution in [-0.2, 0) is 0 Å². The van der Waals surface area contributed by atoms with Crippen LogP contribution in [0.1, 0.15) is 32.6 Å². The number of fused-ring (bicyclic) bond motifs is 2. The van der Waals surface area contributed by atoms with Gasteiger partial charge < -0.3 is 5.73 Å². The van der Waals surface area contributed by atoms with Crippen LogP contribution in [0.2, 0.25) is 0 Å². The van der Waals surface area contributed by atoms with E-state index in [9.17, 15) is 0 Å². The maximum absolute atomic E-state index is 7.27. The maximum atomic E-state index is 7.27. The Morgan fingerprint density at radius 1 is 1.62 bits per heavy atom. The molecule has 1 aliphatic carbocycles. The van der Waals surface area contributed by atoms with Crippen LogP contribution < -0.4 is 5.73 Å². The van der Waals surface area contributed by atoms with Gasteiger partial charge in [0.1, 0.15) is 0 Å². The average Bonchev–Trinajstić information content (AvgIpc) is 2.62. The van der Waals surface area contributed by atoms with Crippen LogP contribution in [0.3, 0.4) is 0 Å². The highest BCUT2D eigenvalue weighted by atomic mass is 15.2. The molecule has 3 nitrogen and oxygen atoms in total. The summed E-state index contributed by atoms with van der Waals surface area (Å²) in [5.41, 5.74) is 5.42. The zero-order chi connectivity index (χ0) is 9.42. The normalized spacial score (nSPS) is 35.2. The topological polar surface area (TPSA) is 53.1 Å². The number of likely N-dealkylation sites (tertiary alicyclic amines) is 1. The molecule has 0 spiro atoms. The van der Waals surface area contributed by atoms with Crippen molar-refractivity contribution in [1.29, 1.82) is 5.41 Å². The fraction of sp³-hybridized carbons (Fsp3) is 0.900. The molecule has 3 N–H and O–H groups in total. The van der Waals surface area contributed by atoms with Gasteiger partial charge in [0.05, 0.1) is 5.84 Å². The van der Waals surface area contributed by atoms with Crippen LogP contribution >= 0.6 is 0 Å². The van der Waals surface area contributed by atoms with Crippen molar-refractivity contribution in [2.24, 2.45) is 11.7 Å². The van der Waals surface area contributed by atoms with Crippen molar-refractivity contribution in [3.05, 3.63) is 0 Å². The SMILES string of the molecule is CC(CC(=N)N)N1CC2CCC1C2. The Balaban J connectivity index is 1.91. The Morgan fingerprint density at radius 3 is 2.85 bits per heavy atom. The molecule has 1 saturated heterocycles. The van der Waals surface area contributed by atoms with Gasteiger partial charge in [0.15, 0.2) is 0 Å². The van der Waals surface area contributed by atoms with E-state index in [1.807, 2.05) is 0 Å². The van der Waals surface area contributed by atoms with Gasteiger partial charge >= 0.3 is 0 Å². The molecular formula is C10H19N3. The van der Waals surface area contributed by atoms with E-state index in [2.05, 4.69) is 11.8 Å². The lowest BCUT2D eigenvalue weighted by Gasteiger charge is -2.32. The second-order valence-electron chi connectivity index (χ2n) is 4.61. The molecule has 3 unspecified atom stereocenters. The summed E-state index contributed by atoms with van der Waals surface area (Å²) in [6.45, 7) is 3.45. The van der Waals surface area contributed by atoms with Crippen molar-refractivity contribution in [2.45, 2.75) is 44.7 Å². The molecule has 0 aromatic heterocycles. The minimum Gasteiger partial charge on any atom is -0.388 e. The Morgan fingerprint density at radius 2 is 2.38 bits per heavy atom. The van der Waals surface area contributed by atoms with Crippen LogP contribution in [0.5, 0.6) is 0 Å². The van der Waals surface area contributed by atoms with E-state index in [1.54, 1.807) is 0 Å². The van der Waals surface area contributed by atoms with Crippen molar-refractivity contribution in [3.8, 4) is 0 Å². The number of rotatable bonds is 3. The fourth-order valence-corrected chi connectivity index (χ4v) is 2.94. The Bertz CT molecular complexity index is 214. The highest BCUT2D eigenvalue weighted by molar-refractivity contribution is 5.77. The van der Waals surface area contributed by atoms with Gasteiger partial charge in [0.25, 0.3) is 0 Å². The summed E-state index contributed by atoms with van der Waals surface area (Å²) in [6.07, 6.45) is 4.92. The molecule has 2 bridgehead atoms. The quantitative estimate of drug-likeness (QED) is 0.507. The molecule has 1 saturated carbocycles. The second kappa shape index (κ2) is 3.29. The first kappa shape index (κ1) is 9.00. The highest BCUT2D eigenvalue weighted by Gasteiger charge is 2.39. The first-order valence-electron chi connectivity index (χ1n) is 5.25. The number of nitrogens with two attached hydrogens (primary N) is 1. The number of nitrogens with zero attached hydrogens (tertiary/aromatic N) is 1. The molecule has 13 heavy (non-hydrogen) atoms. The third kappa shape index (κ3) is 1.70. The average molecular weight is 181 g/mol. The Hall–Kier alpha value is -0.570. The molecule has 0 aromatic rings. The van der Waals surface area contributed by atoms with E-state index in [0.717, 1.165) is 18.4 Å². The van der Waals surface area contributed by atoms with Crippen LogP contribution in [0.4, 0.5) is 0 Å². The third-order valence-corrected chi connectivity index (χ3v) is 3.53. The van der Waals surface area contributed by atoms with Gasteiger partial charge in [-0.2, -0.15) is 0 Å². The second-order valence-corrected chi connectivity index (χ2v) is 4.61. The van der Waals surface area contributed by atoms with Crippen molar-refractivity contribution >= 4 is 5.84 Å². The first-order chi connectivity index (χ1) is 6.16. The maximum Gasteiger partial charge on any atom is 0.0920 e. The van der Waals surface area contributed by atoms with Gasteiger partial charge in [-0.05, 0) is 32.1 Å². The predicted octanol–water partition coefficient (Wildman–Crippen LogP) is 1.19. The number of piperidine rings is 1. The lowest BCUT2D eigenvalue weighted by molar-refractivity contribution is 0.163. The summed E-state index contributed by atoms with van der Waals surface area (Å²) in [5, 5.41) is 7.27. The molecule has 3 heteroatoms. The summed E-state index contributed by atoms with van der Waals surface area (Å²) >= 11 is 0. The zero-order valence-electron chi connectivity index (χ0n) is 8.29. The molecule has 0 radical (unpaired) electrons. The number of amidine groups is 1. The first-order valence-corrected chi connectivity index (χ1v) is 5.25. The minimum atomic E-state index is 0.329. The molecule has 0 aromatic carbocycles. The monoisotopic (exact) mass is 181 g/mol. The smallest absolute Gasteiger partial charge is 0.0920 e. The predicted molar refractivity (Wildman–Crippen MR) is 53.8 cm³/mol. The molecule has 1 aliphatic heterocycles. The van der Waals surface area contributed by atoms with E-state index in [0.29, 0.717) is 11.9 Å². The van der Waals surface area contributed by atoms with Gasteiger partial charge in [-0.1, -0.05) is 0 Å². The van der Waals surface area contributed by atoms with Gasteiger partial charge in [0.2, 0.25) is 0 Å². The van der Waals surface area contributed by atoms with E-state index in [1.165, 1.54) is 25.8 Å². The van der Waals surface area contributed by atoms with Crippen LogP contribution in [-0.4, -0.2) is 29.4 Å². The lowest BCUT2D eigenvalue weighted by Crippen LogP contribution is -2.41. The third-order valence-electron chi connectivity index (χ3n) is 3.53. The van der Waals surface area contributed by atoms with E-state index in [4.69, 9.17) is 11.1 Å². The van der Waals surface area contributed by atoms with Gasteiger partial charge in [0, 0.05) is 25.0 Å². The van der Waals surface area contributed by atoms with Gasteiger partial charge in [-0.15, -0.1) is 0 Å². The minimum absolute atomic E-state index is 0.329. The van der Waals surface area contributed by atoms with Crippen molar-refractivity contribution in [2.75, 3.05) is 6.54 Å². The molecule has 2 fully saturated rings. The largest absolute Gasteiger partial charge is 0.388 e. The number of hydrogen-bond acceptors (Lipinski definition) is 2. The zero-order valence-corrected chi connectivity index (χ0v) is 8.29. The Kier molecular flexibility index (Phi) is 2.28. The molecule has 3 atom stereocenters. The molecular weight excluding hydrogens is 162 g/mol. The highest BCUT2D eigenvalue weighted by Crippen LogP contribution is 2.38. The van der Waals surface area contributed by atoms with E-state index >= 15 is 0 Å². The number of hydrogen-bond donors (Lipinski definition) is 2. The summed E-state index contributed by atoms with van der Waals surface area (Å²) in [5.74, 6) is 1.27. The van der Waals surface area contributed by atoms with Crippen molar-refractivity contribution < 1.29 is 0 Å². The summed E-state index contributed by atoms with van der Waals surface area (Å²) in [6, 6.07) is 1.28. The van der Waals surface area contributed by atoms with Crippen LogP contribution in [0, 0.1) is 11.3 Å². The van der Waals surface area contributed by atoms with E-state index in [-0.39, 0.29) is 0 Å². The van der Waals surface area contributed by atoms with Crippen molar-refractivity contribution in [3.63, 3.8) is 0 Å². The molecule has 0 amide bonds. The Labute approximate surface area is 79.8 Å². The van der Waals surface area contributed by atoms with E-state index < -0.39 is 0 Å². The van der Waals surface area contributed by atoms with Crippen LogP contribution in [0.15, 0.2) is 0 Å². The van der Waals surface area contributed by atoms with Gasteiger partial charge in [-0.3, -0.25) is 10.3 Å². The van der Waals surface area contributed by atoms with Crippen molar-refractivity contribution in [1.82, 2.24) is 4.90 Å². The number of nitrogens with one attached hydrogen (secondary N) is 1. The summed E-state index contributed by atoms with van der Waals surface area (Å²) in [4.78, 5) is 2.55. The molecule has 2 rings (SSSR count). The standard InChI is InChI=1S/C10H19N3/c1-7(4-10(11)12)13-6-8-2-3-9(13)5-8/h7-9H,2-6H2,1H3,(H3,11,12). The van der Waals surface area contributed by atoms with Crippen LogP contribution in [0.25, 0.3) is 0 Å².